The summed E-state index contributed by atoms with van der Waals surface area (Å²) < 4.78 is 83.6. The van der Waals surface area contributed by atoms with Crippen LogP contribution in [0.5, 0.6) is 5.75 Å². The van der Waals surface area contributed by atoms with Gasteiger partial charge in [-0.05, 0) is 43.9 Å². The molecule has 6 heteroatoms. The third-order valence-corrected chi connectivity index (χ3v) is 3.23. The van der Waals surface area contributed by atoms with Gasteiger partial charge in [-0.3, -0.25) is 9.59 Å². The van der Waals surface area contributed by atoms with Gasteiger partial charge in [-0.2, -0.15) is 0 Å². The zero-order valence-corrected chi connectivity index (χ0v) is 12.9. The van der Waals surface area contributed by atoms with Crippen molar-refractivity contribution in [3.63, 3.8) is 0 Å². The van der Waals surface area contributed by atoms with Gasteiger partial charge < -0.3 is 19.7 Å². The molecule has 1 aromatic heterocycles. The van der Waals surface area contributed by atoms with Crippen molar-refractivity contribution in [3.8, 4) is 5.75 Å². The van der Waals surface area contributed by atoms with Crippen molar-refractivity contribution in [2.75, 3.05) is 20.4 Å². The minimum atomic E-state index is -3.56. The maximum atomic E-state index is 12.3. The van der Waals surface area contributed by atoms with Gasteiger partial charge in [-0.25, -0.2) is 0 Å². The molecule has 2 rings (SSSR count). The molecule has 0 aliphatic heterocycles. The largest absolute Gasteiger partial charge is 0.481 e. The molecule has 2 aromatic rings. The number of carbonyl (C=O) groups excluding carboxylic acids is 1. The molecule has 2 N–H and O–H groups in total. The fraction of sp³-hybridized carbons (Fsp3) is 0.444. The molecule has 0 radical (unpaired) electrons. The third-order valence-electron chi connectivity index (χ3n) is 3.23. The van der Waals surface area contributed by atoms with Crippen molar-refractivity contribution in [3.05, 3.63) is 30.0 Å². The topological polar surface area (TPSA) is 82.6 Å². The highest BCUT2D eigenvalue weighted by molar-refractivity contribution is 5.91. The summed E-state index contributed by atoms with van der Waals surface area (Å²) in [4.78, 5) is 25.4. The Morgan fingerprint density at radius 2 is 2.21 bits per heavy atom. The molecule has 1 unspecified atom stereocenters. The van der Waals surface area contributed by atoms with Gasteiger partial charge in [0.05, 0.1) is 0 Å². The standard InChI is InChI=1S/C18H24N2O4/c1-12(9-16(21)22)10-17(23)24-15-6-4-5-14-18(15)13(11-19-14)7-8-20(2)3/h4-6,11-12,19H,7-10H2,1-3H3,(H,21,22)/i2D3,3D3,7D2,8D2. The molecule has 0 amide bonds. The summed E-state index contributed by atoms with van der Waals surface area (Å²) >= 11 is 0. The first-order valence-corrected chi connectivity index (χ1v) is 7.13. The van der Waals surface area contributed by atoms with Gasteiger partial charge in [0, 0.05) is 50.1 Å². The Morgan fingerprint density at radius 3 is 2.92 bits per heavy atom. The van der Waals surface area contributed by atoms with Crippen molar-refractivity contribution in [2.45, 2.75) is 26.1 Å². The van der Waals surface area contributed by atoms with Crippen LogP contribution in [0, 0.1) is 5.92 Å². The molecule has 0 fully saturated rings. The number of H-pyrrole nitrogens is 1. The third kappa shape index (κ3) is 4.83. The van der Waals surface area contributed by atoms with Crippen LogP contribution in [0.3, 0.4) is 0 Å². The Balaban J connectivity index is 2.55. The van der Waals surface area contributed by atoms with E-state index in [-0.39, 0.29) is 29.5 Å². The number of ether oxygens (including phenoxy) is 1. The van der Waals surface area contributed by atoms with Crippen LogP contribution < -0.4 is 4.74 Å². The van der Waals surface area contributed by atoms with Crippen LogP contribution >= 0.6 is 0 Å². The van der Waals surface area contributed by atoms with Crippen LogP contribution in [0.2, 0.25) is 0 Å². The minimum absolute atomic E-state index is 0.0911. The van der Waals surface area contributed by atoms with E-state index >= 15 is 0 Å². The van der Waals surface area contributed by atoms with E-state index in [0.29, 0.717) is 0 Å². The van der Waals surface area contributed by atoms with E-state index in [2.05, 4.69) is 4.98 Å². The quantitative estimate of drug-likeness (QED) is 0.569. The van der Waals surface area contributed by atoms with Crippen LogP contribution in [-0.4, -0.2) is 47.4 Å². The lowest BCUT2D eigenvalue weighted by Gasteiger charge is -2.11. The van der Waals surface area contributed by atoms with Gasteiger partial charge in [-0.1, -0.05) is 13.0 Å². The zero-order chi connectivity index (χ0) is 26.3. The number of hydrogen-bond acceptors (Lipinski definition) is 4. The second-order valence-corrected chi connectivity index (χ2v) is 5.33. The highest BCUT2D eigenvalue weighted by Crippen LogP contribution is 2.29. The molecule has 0 aliphatic carbocycles. The maximum Gasteiger partial charge on any atom is 0.311 e. The molecular formula is C18H24N2O4. The Labute approximate surface area is 155 Å². The Bertz CT molecular complexity index is 1050. The SMILES string of the molecule is [2H]C([2H])([2H])N(C([2H])([2H])[2H])C([2H])([2H])C([2H])([2H])c1c[nH]c2cccc(OC(=O)CC(C)CC(=O)O)c12. The average molecular weight is 342 g/mol. The summed E-state index contributed by atoms with van der Waals surface area (Å²) in [6, 6.07) is 4.24. The molecule has 6 nitrogen and oxygen atoms in total. The summed E-state index contributed by atoms with van der Waals surface area (Å²) in [6.07, 6.45) is -2.71. The molecular weight excluding hydrogens is 308 g/mol. The van der Waals surface area contributed by atoms with Crippen LogP contribution in [-0.2, 0) is 16.0 Å². The van der Waals surface area contributed by atoms with Crippen molar-refractivity contribution in [1.82, 2.24) is 9.88 Å². The summed E-state index contributed by atoms with van der Waals surface area (Å²) in [7, 11) is 0. The smallest absolute Gasteiger partial charge is 0.311 e. The molecule has 1 atom stereocenters. The number of benzene rings is 1. The molecule has 0 bridgehead atoms. The highest BCUT2D eigenvalue weighted by atomic mass is 16.5. The first kappa shape index (κ1) is 8.67. The normalized spacial score (nSPS) is 20.9. The number of aliphatic carboxylic acids is 1. The number of carbonyl (C=O) groups is 2. The predicted octanol–water partition coefficient (Wildman–Crippen LogP) is 2.68. The van der Waals surface area contributed by atoms with E-state index in [9.17, 15) is 9.59 Å². The van der Waals surface area contributed by atoms with Gasteiger partial charge in [0.2, 0.25) is 0 Å². The molecule has 0 saturated heterocycles. The monoisotopic (exact) mass is 342 g/mol. The Kier molecular flexibility index (Phi) is 2.88. The number of hydrogen-bond donors (Lipinski definition) is 2. The number of nitrogens with one attached hydrogen (secondary N) is 1. The van der Waals surface area contributed by atoms with Crippen LogP contribution in [0.15, 0.2) is 24.4 Å². The van der Waals surface area contributed by atoms with Gasteiger partial charge >= 0.3 is 11.9 Å². The molecule has 1 heterocycles. The average Bonchev–Trinajstić information content (AvgIpc) is 3.03. The minimum Gasteiger partial charge on any atom is -0.481 e. The van der Waals surface area contributed by atoms with Gasteiger partial charge in [0.1, 0.15) is 5.75 Å². The number of carboxylic acid groups (broad SMARTS) is 1. The fourth-order valence-corrected chi connectivity index (χ4v) is 2.27. The number of rotatable bonds is 8. The number of fused-ring (bicyclic) bond motifs is 1. The van der Waals surface area contributed by atoms with Crippen LogP contribution in [0.4, 0.5) is 0 Å². The van der Waals surface area contributed by atoms with E-state index in [1.54, 1.807) is 0 Å². The number of carboxylic acids is 1. The van der Waals surface area contributed by atoms with E-state index in [4.69, 9.17) is 23.6 Å². The first-order valence-electron chi connectivity index (χ1n) is 12.1. The number of aromatic nitrogens is 1. The predicted molar refractivity (Wildman–Crippen MR) is 92.2 cm³/mol. The van der Waals surface area contributed by atoms with E-state index in [0.717, 1.165) is 6.20 Å². The second kappa shape index (κ2) is 7.97. The maximum absolute atomic E-state index is 12.3. The van der Waals surface area contributed by atoms with E-state index in [1.165, 1.54) is 25.1 Å². The zero-order valence-electron chi connectivity index (χ0n) is 22.9. The number of esters is 1. The van der Waals surface area contributed by atoms with E-state index < -0.39 is 55.1 Å². The summed E-state index contributed by atoms with van der Waals surface area (Å²) in [5, 5.41) is 8.75. The van der Waals surface area contributed by atoms with Crippen molar-refractivity contribution in [2.24, 2.45) is 5.92 Å². The molecule has 1 aromatic carbocycles. The lowest BCUT2D eigenvalue weighted by Crippen LogP contribution is -2.16. The molecule has 0 saturated carbocycles. The molecule has 0 aliphatic rings. The van der Waals surface area contributed by atoms with Crippen molar-refractivity contribution >= 4 is 22.8 Å². The molecule has 24 heavy (non-hydrogen) atoms. The summed E-state index contributed by atoms with van der Waals surface area (Å²) in [5.41, 5.74) is -0.249. The second-order valence-electron chi connectivity index (χ2n) is 5.33. The highest BCUT2D eigenvalue weighted by Gasteiger charge is 2.17. The lowest BCUT2D eigenvalue weighted by molar-refractivity contribution is -0.139. The number of aryl methyl sites for hydroxylation is 1. The first-order chi connectivity index (χ1) is 15.3. The summed E-state index contributed by atoms with van der Waals surface area (Å²) in [5.74, 6) is -2.65. The van der Waals surface area contributed by atoms with Crippen LogP contribution in [0.1, 0.15) is 39.0 Å². The number of nitrogens with zero attached hydrogens (tertiary/aromatic N) is 1. The van der Waals surface area contributed by atoms with Crippen LogP contribution in [0.25, 0.3) is 10.9 Å². The van der Waals surface area contributed by atoms with Crippen molar-refractivity contribution < 1.29 is 33.1 Å². The van der Waals surface area contributed by atoms with Crippen molar-refractivity contribution in [1.29, 1.82) is 0 Å². The Morgan fingerprint density at radius 1 is 1.42 bits per heavy atom. The van der Waals surface area contributed by atoms with Gasteiger partial charge in [0.25, 0.3) is 0 Å². The summed E-state index contributed by atoms with van der Waals surface area (Å²) in [6.45, 7) is -9.05. The van der Waals surface area contributed by atoms with Gasteiger partial charge in [-0.15, -0.1) is 0 Å². The lowest BCUT2D eigenvalue weighted by atomic mass is 10.0. The Hall–Kier alpha value is -2.34. The number of likely N-dealkylation sites (N-methyl/N-ethyl adjacent to an activating group) is 1. The molecule has 0 spiro atoms. The number of aromatic amines is 1. The fourth-order valence-electron chi connectivity index (χ4n) is 2.27. The van der Waals surface area contributed by atoms with E-state index in [1.807, 2.05) is 0 Å². The molecule has 130 valence electrons. The van der Waals surface area contributed by atoms with Gasteiger partial charge in [0.15, 0.2) is 0 Å².